The topological polar surface area (TPSA) is 38.9 Å². The van der Waals surface area contributed by atoms with Crippen molar-refractivity contribution in [3.8, 4) is 0 Å². The number of pyridine rings is 1. The molecule has 0 saturated carbocycles. The van der Waals surface area contributed by atoms with Gasteiger partial charge in [0.15, 0.2) is 0 Å². The van der Waals surface area contributed by atoms with E-state index in [4.69, 9.17) is 5.73 Å². The lowest BCUT2D eigenvalue weighted by Gasteiger charge is -2.09. The zero-order valence-electron chi connectivity index (χ0n) is 13.0. The average Bonchev–Trinajstić information content (AvgIpc) is 2.42. The van der Waals surface area contributed by atoms with Crippen LogP contribution < -0.4 is 5.73 Å². The van der Waals surface area contributed by atoms with Gasteiger partial charge in [0.25, 0.3) is 0 Å². The summed E-state index contributed by atoms with van der Waals surface area (Å²) in [6.45, 7) is 8.32. The summed E-state index contributed by atoms with van der Waals surface area (Å²) in [6, 6.07) is 6.35. The number of rotatable bonds is 4. The molecule has 1 heterocycles. The van der Waals surface area contributed by atoms with Crippen LogP contribution in [0, 0.1) is 6.92 Å². The highest BCUT2D eigenvalue weighted by Crippen LogP contribution is 2.26. The van der Waals surface area contributed by atoms with Crippen molar-refractivity contribution in [3.63, 3.8) is 0 Å². The molecule has 0 amide bonds. The van der Waals surface area contributed by atoms with Crippen molar-refractivity contribution in [2.75, 3.05) is 5.73 Å². The second-order valence-corrected chi connectivity index (χ2v) is 5.69. The van der Waals surface area contributed by atoms with Crippen LogP contribution in [-0.4, -0.2) is 4.98 Å². The number of benzene rings is 1. The lowest BCUT2D eigenvalue weighted by atomic mass is 10.0. The van der Waals surface area contributed by atoms with Crippen LogP contribution in [0.25, 0.3) is 10.9 Å². The van der Waals surface area contributed by atoms with Gasteiger partial charge < -0.3 is 5.73 Å². The van der Waals surface area contributed by atoms with Gasteiger partial charge in [-0.15, -0.1) is 0 Å². The molecule has 2 N–H and O–H groups in total. The zero-order chi connectivity index (χ0) is 15.1. The molecular weight excluding hydrogens is 312 g/mol. The van der Waals surface area contributed by atoms with E-state index >= 15 is 0 Å². The number of nitrogen functional groups attached to an aromatic ring is 1. The highest BCUT2D eigenvalue weighted by Gasteiger charge is 2.07. The molecule has 0 bridgehead atoms. The van der Waals surface area contributed by atoms with Crippen molar-refractivity contribution in [2.24, 2.45) is 0 Å². The first-order valence-electron chi connectivity index (χ1n) is 7.47. The average molecular weight is 337 g/mol. The Morgan fingerprint density at radius 1 is 1.15 bits per heavy atom. The highest BCUT2D eigenvalue weighted by molar-refractivity contribution is 9.10. The number of halogens is 1. The summed E-state index contributed by atoms with van der Waals surface area (Å²) in [7, 11) is 0. The minimum Gasteiger partial charge on any atom is -0.383 e. The van der Waals surface area contributed by atoms with Gasteiger partial charge in [-0.3, -0.25) is 0 Å². The van der Waals surface area contributed by atoms with Crippen LogP contribution in [0.2, 0.25) is 0 Å². The van der Waals surface area contributed by atoms with Crippen molar-refractivity contribution in [1.29, 1.82) is 0 Å². The lowest BCUT2D eigenvalue weighted by molar-refractivity contribution is 0.717. The third-order valence-electron chi connectivity index (χ3n) is 3.27. The standard InChI is InChI=1S/C15H19BrN2.C2H6/c1-3-4-5-6-11-8-13-10(2)7-12(16)9-14(13)18-15(11)17;1-2/h7-9H,3-6H2,1-2H3,(H2,17,18);1-2H3. The van der Waals surface area contributed by atoms with E-state index in [1.807, 2.05) is 19.9 Å². The zero-order valence-corrected chi connectivity index (χ0v) is 14.5. The second kappa shape index (κ2) is 8.25. The summed E-state index contributed by atoms with van der Waals surface area (Å²) in [6.07, 6.45) is 4.69. The molecule has 1 aromatic carbocycles. The van der Waals surface area contributed by atoms with Gasteiger partial charge in [0.2, 0.25) is 0 Å². The molecule has 0 aliphatic carbocycles. The van der Waals surface area contributed by atoms with Gasteiger partial charge in [0.1, 0.15) is 5.82 Å². The van der Waals surface area contributed by atoms with Crippen LogP contribution in [0.4, 0.5) is 5.82 Å². The molecule has 110 valence electrons. The molecule has 1 aromatic heterocycles. The van der Waals surface area contributed by atoms with Crippen LogP contribution in [-0.2, 0) is 6.42 Å². The molecule has 0 fully saturated rings. The highest BCUT2D eigenvalue weighted by atomic mass is 79.9. The quantitative estimate of drug-likeness (QED) is 0.733. The van der Waals surface area contributed by atoms with Gasteiger partial charge in [0, 0.05) is 9.86 Å². The van der Waals surface area contributed by atoms with Gasteiger partial charge >= 0.3 is 0 Å². The molecule has 0 atom stereocenters. The Hall–Kier alpha value is -1.09. The van der Waals surface area contributed by atoms with E-state index in [2.05, 4.69) is 46.9 Å². The first kappa shape index (κ1) is 17.0. The minimum absolute atomic E-state index is 0.677. The summed E-state index contributed by atoms with van der Waals surface area (Å²) in [4.78, 5) is 4.52. The van der Waals surface area contributed by atoms with Gasteiger partial charge in [-0.25, -0.2) is 4.98 Å². The summed E-state index contributed by atoms with van der Waals surface area (Å²) < 4.78 is 1.05. The smallest absolute Gasteiger partial charge is 0.127 e. The fourth-order valence-electron chi connectivity index (χ4n) is 2.23. The molecule has 2 rings (SSSR count). The summed E-state index contributed by atoms with van der Waals surface area (Å²) in [5.41, 5.74) is 9.43. The van der Waals surface area contributed by atoms with Gasteiger partial charge in [-0.05, 0) is 49.1 Å². The van der Waals surface area contributed by atoms with Crippen LogP contribution in [0.1, 0.15) is 51.2 Å². The molecule has 0 radical (unpaired) electrons. The Balaban J connectivity index is 0.000000956. The van der Waals surface area contributed by atoms with Crippen LogP contribution >= 0.6 is 15.9 Å². The number of nitrogens with two attached hydrogens (primary N) is 1. The van der Waals surface area contributed by atoms with E-state index in [0.717, 1.165) is 16.4 Å². The number of hydrogen-bond acceptors (Lipinski definition) is 2. The molecular formula is C17H25BrN2. The monoisotopic (exact) mass is 336 g/mol. The first-order valence-corrected chi connectivity index (χ1v) is 8.26. The Morgan fingerprint density at radius 2 is 1.85 bits per heavy atom. The molecule has 0 spiro atoms. The third-order valence-corrected chi connectivity index (χ3v) is 3.73. The van der Waals surface area contributed by atoms with Crippen molar-refractivity contribution in [2.45, 2.75) is 53.4 Å². The Kier molecular flexibility index (Phi) is 7.00. The number of unbranched alkanes of at least 4 members (excludes halogenated alkanes) is 2. The SMILES string of the molecule is CC.CCCCCc1cc2c(C)cc(Br)cc2nc1N. The Morgan fingerprint density at radius 3 is 2.50 bits per heavy atom. The molecule has 3 heteroatoms. The normalized spacial score (nSPS) is 10.2. The molecule has 0 unspecified atom stereocenters. The van der Waals surface area contributed by atoms with Gasteiger partial charge in [-0.2, -0.15) is 0 Å². The molecule has 2 aromatic rings. The minimum atomic E-state index is 0.677. The number of hydrogen-bond donors (Lipinski definition) is 1. The molecule has 0 saturated heterocycles. The molecule has 20 heavy (non-hydrogen) atoms. The number of aromatic nitrogens is 1. The maximum Gasteiger partial charge on any atom is 0.127 e. The number of anilines is 1. The van der Waals surface area contributed by atoms with Crippen LogP contribution in [0.15, 0.2) is 22.7 Å². The lowest BCUT2D eigenvalue weighted by Crippen LogP contribution is -1.99. The first-order chi connectivity index (χ1) is 9.61. The molecule has 0 aliphatic heterocycles. The fourth-order valence-corrected chi connectivity index (χ4v) is 2.79. The van der Waals surface area contributed by atoms with E-state index < -0.39 is 0 Å². The second-order valence-electron chi connectivity index (χ2n) is 4.78. The van der Waals surface area contributed by atoms with Gasteiger partial charge in [0.05, 0.1) is 5.52 Å². The number of aryl methyl sites for hydroxylation is 2. The Labute approximate surface area is 130 Å². The predicted octanol–water partition coefficient (Wildman–Crippen LogP) is 5.65. The van der Waals surface area contributed by atoms with E-state index in [0.29, 0.717) is 5.82 Å². The maximum atomic E-state index is 6.04. The van der Waals surface area contributed by atoms with Crippen molar-refractivity contribution >= 4 is 32.7 Å². The largest absolute Gasteiger partial charge is 0.383 e. The van der Waals surface area contributed by atoms with Gasteiger partial charge in [-0.1, -0.05) is 49.5 Å². The van der Waals surface area contributed by atoms with Crippen LogP contribution in [0.5, 0.6) is 0 Å². The Bertz CT molecular complexity index is 564. The number of nitrogens with zero attached hydrogens (tertiary/aromatic N) is 1. The summed E-state index contributed by atoms with van der Waals surface area (Å²) in [5.74, 6) is 0.677. The number of fused-ring (bicyclic) bond motifs is 1. The predicted molar refractivity (Wildman–Crippen MR) is 93.2 cm³/mol. The summed E-state index contributed by atoms with van der Waals surface area (Å²) >= 11 is 3.50. The fraction of sp³-hybridized carbons (Fsp3) is 0.471. The van der Waals surface area contributed by atoms with E-state index in [9.17, 15) is 0 Å². The van der Waals surface area contributed by atoms with Crippen molar-refractivity contribution in [1.82, 2.24) is 4.98 Å². The molecule has 2 nitrogen and oxygen atoms in total. The third kappa shape index (κ3) is 4.20. The van der Waals surface area contributed by atoms with E-state index in [1.54, 1.807) is 0 Å². The van der Waals surface area contributed by atoms with Crippen molar-refractivity contribution < 1.29 is 0 Å². The van der Waals surface area contributed by atoms with Crippen LogP contribution in [0.3, 0.4) is 0 Å². The van der Waals surface area contributed by atoms with E-state index in [1.165, 1.54) is 35.8 Å². The maximum absolute atomic E-state index is 6.04. The summed E-state index contributed by atoms with van der Waals surface area (Å²) in [5, 5.41) is 1.21. The van der Waals surface area contributed by atoms with E-state index in [-0.39, 0.29) is 0 Å². The molecule has 0 aliphatic rings. The van der Waals surface area contributed by atoms with Crippen molar-refractivity contribution in [3.05, 3.63) is 33.8 Å².